The van der Waals surface area contributed by atoms with Crippen molar-refractivity contribution >= 4 is 23.7 Å². The van der Waals surface area contributed by atoms with Gasteiger partial charge in [-0.2, -0.15) is 5.10 Å². The van der Waals surface area contributed by atoms with E-state index in [-0.39, 0.29) is 11.8 Å². The highest BCUT2D eigenvalue weighted by molar-refractivity contribution is 6.06. The van der Waals surface area contributed by atoms with Gasteiger partial charge < -0.3 is 5.32 Å². The van der Waals surface area contributed by atoms with E-state index in [0.717, 1.165) is 16.7 Å². The average Bonchev–Trinajstić information content (AvgIpc) is 2.70. The molecule has 0 aliphatic carbocycles. The molecule has 3 aromatic rings. The third-order valence-corrected chi connectivity index (χ3v) is 4.33. The Kier molecular flexibility index (Phi) is 5.97. The van der Waals surface area contributed by atoms with E-state index >= 15 is 0 Å². The van der Waals surface area contributed by atoms with Gasteiger partial charge in [0, 0.05) is 16.8 Å². The molecule has 0 atom stereocenters. The number of nitrogens with zero attached hydrogens (tertiary/aromatic N) is 1. The van der Waals surface area contributed by atoms with Gasteiger partial charge in [-0.25, -0.2) is 5.43 Å². The van der Waals surface area contributed by atoms with Crippen molar-refractivity contribution in [1.82, 2.24) is 5.43 Å². The van der Waals surface area contributed by atoms with Gasteiger partial charge in [-0.05, 0) is 54.8 Å². The summed E-state index contributed by atoms with van der Waals surface area (Å²) in [5.74, 6) is -0.565. The summed E-state index contributed by atoms with van der Waals surface area (Å²) in [5.41, 5.74) is 6.95. The van der Waals surface area contributed by atoms with Crippen molar-refractivity contribution < 1.29 is 9.59 Å². The lowest BCUT2D eigenvalue weighted by Crippen LogP contribution is -2.18. The van der Waals surface area contributed by atoms with Crippen LogP contribution in [0.4, 0.5) is 5.69 Å². The number of hydrogen-bond donors (Lipinski definition) is 2. The second kappa shape index (κ2) is 8.77. The summed E-state index contributed by atoms with van der Waals surface area (Å²) >= 11 is 0. The van der Waals surface area contributed by atoms with Gasteiger partial charge in [0.05, 0.1) is 6.21 Å². The molecule has 2 N–H and O–H groups in total. The molecule has 0 radical (unpaired) electrons. The first kappa shape index (κ1) is 19.0. The summed E-state index contributed by atoms with van der Waals surface area (Å²) in [6.07, 6.45) is 1.61. The van der Waals surface area contributed by atoms with Gasteiger partial charge in [-0.3, -0.25) is 9.59 Å². The van der Waals surface area contributed by atoms with E-state index in [2.05, 4.69) is 15.8 Å². The van der Waals surface area contributed by atoms with Crippen LogP contribution in [0.15, 0.2) is 77.9 Å². The van der Waals surface area contributed by atoms with Crippen molar-refractivity contribution in [1.29, 1.82) is 0 Å². The molecule has 0 unspecified atom stereocenters. The van der Waals surface area contributed by atoms with Gasteiger partial charge in [0.1, 0.15) is 0 Å². The number of carbonyl (C=O) groups is 2. The molecule has 0 spiro atoms. The van der Waals surface area contributed by atoms with E-state index in [1.165, 1.54) is 0 Å². The maximum atomic E-state index is 12.4. The molecule has 140 valence electrons. The minimum absolute atomic E-state index is 0.215. The Balaban J connectivity index is 1.67. The molecule has 0 saturated carbocycles. The number of rotatable bonds is 5. The topological polar surface area (TPSA) is 70.6 Å². The first-order chi connectivity index (χ1) is 13.5. The number of aryl methyl sites for hydroxylation is 2. The third kappa shape index (κ3) is 4.71. The number of benzene rings is 3. The van der Waals surface area contributed by atoms with Gasteiger partial charge in [0.25, 0.3) is 11.8 Å². The second-order valence-electron chi connectivity index (χ2n) is 6.41. The predicted octanol–water partition coefficient (Wildman–Crippen LogP) is 4.32. The minimum atomic E-state index is -0.350. The van der Waals surface area contributed by atoms with E-state index in [0.29, 0.717) is 16.8 Å². The maximum Gasteiger partial charge on any atom is 0.271 e. The average molecular weight is 371 g/mol. The fourth-order valence-corrected chi connectivity index (χ4v) is 2.72. The van der Waals surface area contributed by atoms with Gasteiger partial charge in [0.2, 0.25) is 0 Å². The van der Waals surface area contributed by atoms with Crippen molar-refractivity contribution in [2.24, 2.45) is 5.10 Å². The summed E-state index contributed by atoms with van der Waals surface area (Å²) < 4.78 is 0. The fourth-order valence-electron chi connectivity index (χ4n) is 2.72. The zero-order valence-corrected chi connectivity index (χ0v) is 15.8. The molecular formula is C23H21N3O2. The van der Waals surface area contributed by atoms with Gasteiger partial charge in [0.15, 0.2) is 0 Å². The molecule has 0 bridgehead atoms. The van der Waals surface area contributed by atoms with Crippen molar-refractivity contribution in [3.05, 3.63) is 101 Å². The Morgan fingerprint density at radius 1 is 0.821 bits per heavy atom. The predicted molar refractivity (Wildman–Crippen MR) is 112 cm³/mol. The SMILES string of the molecule is Cc1ccccc1C=NNC(=O)c1cccc(NC(=O)c2ccccc2C)c1. The third-order valence-electron chi connectivity index (χ3n) is 4.33. The van der Waals surface area contributed by atoms with Crippen molar-refractivity contribution in [2.75, 3.05) is 5.32 Å². The van der Waals surface area contributed by atoms with Crippen LogP contribution in [-0.2, 0) is 0 Å². The van der Waals surface area contributed by atoms with Gasteiger partial charge in [-0.1, -0.05) is 48.5 Å². The fraction of sp³-hybridized carbons (Fsp3) is 0.0870. The van der Waals surface area contributed by atoms with E-state index in [1.807, 2.05) is 56.3 Å². The Bertz CT molecular complexity index is 1040. The molecule has 5 nitrogen and oxygen atoms in total. The highest BCUT2D eigenvalue weighted by Gasteiger charge is 2.10. The highest BCUT2D eigenvalue weighted by Crippen LogP contribution is 2.14. The smallest absolute Gasteiger partial charge is 0.271 e. The van der Waals surface area contributed by atoms with E-state index < -0.39 is 0 Å². The minimum Gasteiger partial charge on any atom is -0.322 e. The molecule has 0 fully saturated rings. The summed E-state index contributed by atoms with van der Waals surface area (Å²) in [6.45, 7) is 3.86. The van der Waals surface area contributed by atoms with Crippen molar-refractivity contribution in [3.63, 3.8) is 0 Å². The molecule has 3 aromatic carbocycles. The molecule has 5 heteroatoms. The molecule has 0 aromatic heterocycles. The van der Waals surface area contributed by atoms with Crippen LogP contribution in [0.5, 0.6) is 0 Å². The van der Waals surface area contributed by atoms with Crippen LogP contribution < -0.4 is 10.7 Å². The standard InChI is InChI=1S/C23H21N3O2/c1-16-8-3-5-10-19(16)15-24-26-22(27)18-11-7-12-20(14-18)25-23(28)21-13-6-4-9-17(21)2/h3-15H,1-2H3,(H,25,28)(H,26,27). The first-order valence-electron chi connectivity index (χ1n) is 8.90. The lowest BCUT2D eigenvalue weighted by molar-refractivity contribution is 0.0953. The molecule has 0 heterocycles. The molecule has 0 aliphatic rings. The number of anilines is 1. The maximum absolute atomic E-state index is 12.4. The number of carbonyl (C=O) groups excluding carboxylic acids is 2. The summed E-state index contributed by atoms with van der Waals surface area (Å²) in [4.78, 5) is 24.8. The van der Waals surface area contributed by atoms with Gasteiger partial charge in [-0.15, -0.1) is 0 Å². The lowest BCUT2D eigenvalue weighted by atomic mass is 10.1. The zero-order valence-electron chi connectivity index (χ0n) is 15.8. The summed E-state index contributed by atoms with van der Waals surface area (Å²) in [5, 5.41) is 6.84. The van der Waals surface area contributed by atoms with Crippen LogP contribution in [0.25, 0.3) is 0 Å². The summed E-state index contributed by atoms with van der Waals surface area (Å²) in [7, 11) is 0. The number of amides is 2. The van der Waals surface area contributed by atoms with E-state index in [1.54, 1.807) is 36.5 Å². The number of hydrogen-bond acceptors (Lipinski definition) is 3. The first-order valence-corrected chi connectivity index (χ1v) is 8.90. The normalized spacial score (nSPS) is 10.6. The Morgan fingerprint density at radius 3 is 2.29 bits per heavy atom. The van der Waals surface area contributed by atoms with E-state index in [9.17, 15) is 9.59 Å². The quantitative estimate of drug-likeness (QED) is 0.518. The molecular weight excluding hydrogens is 350 g/mol. The van der Waals surface area contributed by atoms with Crippen LogP contribution >= 0.6 is 0 Å². The number of nitrogens with one attached hydrogen (secondary N) is 2. The Labute approximate surface area is 164 Å². The second-order valence-corrected chi connectivity index (χ2v) is 6.41. The van der Waals surface area contributed by atoms with Crippen LogP contribution in [0, 0.1) is 13.8 Å². The zero-order chi connectivity index (χ0) is 19.9. The largest absolute Gasteiger partial charge is 0.322 e. The molecule has 0 saturated heterocycles. The highest BCUT2D eigenvalue weighted by atomic mass is 16.2. The number of hydrazone groups is 1. The van der Waals surface area contributed by atoms with Crippen LogP contribution in [-0.4, -0.2) is 18.0 Å². The Hall–Kier alpha value is -3.73. The van der Waals surface area contributed by atoms with Gasteiger partial charge >= 0.3 is 0 Å². The summed E-state index contributed by atoms with van der Waals surface area (Å²) in [6, 6.07) is 21.8. The van der Waals surface area contributed by atoms with Crippen LogP contribution in [0.2, 0.25) is 0 Å². The molecule has 0 aliphatic heterocycles. The van der Waals surface area contributed by atoms with Crippen LogP contribution in [0.3, 0.4) is 0 Å². The lowest BCUT2D eigenvalue weighted by Gasteiger charge is -2.08. The molecule has 2 amide bonds. The van der Waals surface area contributed by atoms with E-state index in [4.69, 9.17) is 0 Å². The molecule has 28 heavy (non-hydrogen) atoms. The Morgan fingerprint density at radius 2 is 1.54 bits per heavy atom. The molecule has 3 rings (SSSR count). The van der Waals surface area contributed by atoms with Crippen molar-refractivity contribution in [2.45, 2.75) is 13.8 Å². The van der Waals surface area contributed by atoms with Crippen molar-refractivity contribution in [3.8, 4) is 0 Å². The monoisotopic (exact) mass is 371 g/mol. The van der Waals surface area contributed by atoms with Crippen LogP contribution in [0.1, 0.15) is 37.4 Å².